The number of pyridine rings is 1. The second-order valence-corrected chi connectivity index (χ2v) is 7.02. The third kappa shape index (κ3) is 3.16. The maximum Gasteiger partial charge on any atom is 0.263 e. The lowest BCUT2D eigenvalue weighted by Gasteiger charge is -2.28. The molecule has 1 amide bonds. The minimum atomic E-state index is -0.507. The molecule has 1 aromatic heterocycles. The van der Waals surface area contributed by atoms with E-state index in [-0.39, 0.29) is 11.5 Å². The average Bonchev–Trinajstić information content (AvgIpc) is 3.05. The molecular formula is C19H19ClN2O3. The number of halogens is 1. The third-order valence-corrected chi connectivity index (χ3v) is 5.04. The molecule has 1 atom stereocenters. The van der Waals surface area contributed by atoms with Gasteiger partial charge in [0.05, 0.1) is 0 Å². The Morgan fingerprint density at radius 2 is 2.00 bits per heavy atom. The van der Waals surface area contributed by atoms with Crippen molar-refractivity contribution in [3.8, 4) is 16.9 Å². The highest BCUT2D eigenvalue weighted by molar-refractivity contribution is 6.31. The highest BCUT2D eigenvalue weighted by Crippen LogP contribution is 2.41. The standard InChI is InChI=1S/C19H19ClN2O3/c20-14-8-13-9-16(19(24)22-6-2-1-3-7-22)25-18(13)15(11-14)12-4-5-21-17(23)10-12/h4-5,8,10-11,16H,1-3,6-7,9H2,(H,21,23). The van der Waals surface area contributed by atoms with Gasteiger partial charge in [0.1, 0.15) is 5.75 Å². The van der Waals surface area contributed by atoms with Crippen LogP contribution in [-0.2, 0) is 11.2 Å². The van der Waals surface area contributed by atoms with E-state index in [1.165, 1.54) is 12.5 Å². The number of ether oxygens (including phenoxy) is 1. The zero-order chi connectivity index (χ0) is 17.4. The number of rotatable bonds is 2. The van der Waals surface area contributed by atoms with E-state index >= 15 is 0 Å². The maximum atomic E-state index is 12.8. The van der Waals surface area contributed by atoms with Crippen LogP contribution in [0.1, 0.15) is 24.8 Å². The summed E-state index contributed by atoms with van der Waals surface area (Å²) in [4.78, 5) is 28.9. The molecule has 1 aromatic carbocycles. The van der Waals surface area contributed by atoms with E-state index in [0.717, 1.165) is 42.6 Å². The topological polar surface area (TPSA) is 62.4 Å². The molecule has 1 saturated heterocycles. The summed E-state index contributed by atoms with van der Waals surface area (Å²) in [5.74, 6) is 0.703. The molecule has 0 spiro atoms. The molecule has 2 aliphatic heterocycles. The van der Waals surface area contributed by atoms with E-state index in [2.05, 4.69) is 4.98 Å². The molecule has 130 valence electrons. The normalized spacial score (nSPS) is 19.4. The summed E-state index contributed by atoms with van der Waals surface area (Å²) in [5, 5.41) is 0.573. The van der Waals surface area contributed by atoms with Crippen LogP contribution < -0.4 is 10.3 Å². The van der Waals surface area contributed by atoms with Crippen LogP contribution in [0, 0.1) is 0 Å². The summed E-state index contributed by atoms with van der Waals surface area (Å²) in [5.41, 5.74) is 2.21. The molecule has 0 aliphatic carbocycles. The minimum absolute atomic E-state index is 0.0453. The average molecular weight is 359 g/mol. The number of carbonyl (C=O) groups excluding carboxylic acids is 1. The van der Waals surface area contributed by atoms with Gasteiger partial charge in [0.2, 0.25) is 5.56 Å². The predicted octanol–water partition coefficient (Wildman–Crippen LogP) is 3.01. The van der Waals surface area contributed by atoms with Crippen molar-refractivity contribution in [1.82, 2.24) is 9.88 Å². The quantitative estimate of drug-likeness (QED) is 0.897. The number of H-pyrrole nitrogens is 1. The van der Waals surface area contributed by atoms with Crippen molar-refractivity contribution < 1.29 is 9.53 Å². The van der Waals surface area contributed by atoms with E-state index < -0.39 is 6.10 Å². The van der Waals surface area contributed by atoms with Crippen LogP contribution in [0.5, 0.6) is 5.75 Å². The van der Waals surface area contributed by atoms with Gasteiger partial charge in [-0.05, 0) is 43.0 Å². The number of carbonyl (C=O) groups is 1. The SMILES string of the molecule is O=C(C1Cc2cc(Cl)cc(-c3cc[nH]c(=O)c3)c2O1)N1CCCCC1. The zero-order valence-corrected chi connectivity index (χ0v) is 14.5. The van der Waals surface area contributed by atoms with Gasteiger partial charge in [-0.1, -0.05) is 11.6 Å². The molecule has 5 nitrogen and oxygen atoms in total. The lowest BCUT2D eigenvalue weighted by atomic mass is 10.0. The fourth-order valence-electron chi connectivity index (χ4n) is 3.61. The highest BCUT2D eigenvalue weighted by Gasteiger charge is 2.34. The Bertz CT molecular complexity index is 871. The minimum Gasteiger partial charge on any atom is -0.479 e. The molecule has 0 saturated carbocycles. The largest absolute Gasteiger partial charge is 0.479 e. The van der Waals surface area contributed by atoms with Crippen LogP contribution in [0.4, 0.5) is 0 Å². The second-order valence-electron chi connectivity index (χ2n) is 6.58. The van der Waals surface area contributed by atoms with E-state index in [0.29, 0.717) is 17.2 Å². The molecule has 3 heterocycles. The number of nitrogens with zero attached hydrogens (tertiary/aromatic N) is 1. The number of hydrogen-bond acceptors (Lipinski definition) is 3. The number of piperidine rings is 1. The molecule has 0 radical (unpaired) electrons. The van der Waals surface area contributed by atoms with Crippen LogP contribution in [0.25, 0.3) is 11.1 Å². The number of likely N-dealkylation sites (tertiary alicyclic amines) is 1. The fraction of sp³-hybridized carbons (Fsp3) is 0.368. The first kappa shape index (κ1) is 16.2. The van der Waals surface area contributed by atoms with E-state index in [1.54, 1.807) is 18.3 Å². The van der Waals surface area contributed by atoms with Crippen LogP contribution >= 0.6 is 11.6 Å². The lowest BCUT2D eigenvalue weighted by Crippen LogP contribution is -2.43. The Morgan fingerprint density at radius 1 is 1.20 bits per heavy atom. The van der Waals surface area contributed by atoms with Crippen molar-refractivity contribution >= 4 is 17.5 Å². The van der Waals surface area contributed by atoms with Gasteiger partial charge in [0.25, 0.3) is 5.91 Å². The lowest BCUT2D eigenvalue weighted by molar-refractivity contribution is -0.138. The maximum absolute atomic E-state index is 12.8. The van der Waals surface area contributed by atoms with Gasteiger partial charge in [-0.25, -0.2) is 0 Å². The van der Waals surface area contributed by atoms with Gasteiger partial charge in [-0.2, -0.15) is 0 Å². The Hall–Kier alpha value is -2.27. The Morgan fingerprint density at radius 3 is 2.76 bits per heavy atom. The number of aromatic amines is 1. The summed E-state index contributed by atoms with van der Waals surface area (Å²) in [6.45, 7) is 1.60. The summed E-state index contributed by atoms with van der Waals surface area (Å²) in [6, 6.07) is 6.94. The molecule has 1 fully saturated rings. The Balaban J connectivity index is 1.66. The van der Waals surface area contributed by atoms with Crippen LogP contribution in [-0.4, -0.2) is 35.0 Å². The number of benzene rings is 1. The number of hydrogen-bond donors (Lipinski definition) is 1. The van der Waals surface area contributed by atoms with Crippen molar-refractivity contribution in [3.05, 3.63) is 51.4 Å². The van der Waals surface area contributed by atoms with Gasteiger partial charge >= 0.3 is 0 Å². The number of amides is 1. The third-order valence-electron chi connectivity index (χ3n) is 4.83. The first-order chi connectivity index (χ1) is 12.1. The molecule has 25 heavy (non-hydrogen) atoms. The number of fused-ring (bicyclic) bond motifs is 1. The Kier molecular flexibility index (Phi) is 4.25. The molecule has 4 rings (SSSR count). The summed E-state index contributed by atoms with van der Waals surface area (Å²) >= 11 is 6.26. The van der Waals surface area contributed by atoms with Crippen molar-refractivity contribution in [2.75, 3.05) is 13.1 Å². The summed E-state index contributed by atoms with van der Waals surface area (Å²) in [7, 11) is 0. The second kappa shape index (κ2) is 6.56. The first-order valence-corrected chi connectivity index (χ1v) is 8.96. The van der Waals surface area contributed by atoms with Crippen LogP contribution in [0.15, 0.2) is 35.3 Å². The Labute approximate surface area is 150 Å². The van der Waals surface area contributed by atoms with Crippen molar-refractivity contribution in [1.29, 1.82) is 0 Å². The zero-order valence-electron chi connectivity index (χ0n) is 13.8. The van der Waals surface area contributed by atoms with Gasteiger partial charge in [0.15, 0.2) is 6.10 Å². The first-order valence-electron chi connectivity index (χ1n) is 8.59. The molecule has 1 N–H and O–H groups in total. The molecule has 6 heteroatoms. The van der Waals surface area contributed by atoms with E-state index in [1.807, 2.05) is 11.0 Å². The van der Waals surface area contributed by atoms with Crippen LogP contribution in [0.3, 0.4) is 0 Å². The molecule has 1 unspecified atom stereocenters. The molecule has 0 bridgehead atoms. The monoisotopic (exact) mass is 358 g/mol. The van der Waals surface area contributed by atoms with Gasteiger partial charge in [-0.15, -0.1) is 0 Å². The molecular weight excluding hydrogens is 340 g/mol. The van der Waals surface area contributed by atoms with Gasteiger partial charge in [-0.3, -0.25) is 9.59 Å². The summed E-state index contributed by atoms with van der Waals surface area (Å²) in [6.07, 6.45) is 4.88. The van der Waals surface area contributed by atoms with Crippen LogP contribution in [0.2, 0.25) is 5.02 Å². The van der Waals surface area contributed by atoms with Crippen molar-refractivity contribution in [3.63, 3.8) is 0 Å². The fourth-order valence-corrected chi connectivity index (χ4v) is 3.85. The van der Waals surface area contributed by atoms with Crippen molar-refractivity contribution in [2.24, 2.45) is 0 Å². The number of aromatic nitrogens is 1. The summed E-state index contributed by atoms with van der Waals surface area (Å²) < 4.78 is 6.04. The number of nitrogens with one attached hydrogen (secondary N) is 1. The smallest absolute Gasteiger partial charge is 0.263 e. The molecule has 2 aromatic rings. The van der Waals surface area contributed by atoms with Gasteiger partial charge < -0.3 is 14.6 Å². The van der Waals surface area contributed by atoms with Crippen molar-refractivity contribution in [2.45, 2.75) is 31.8 Å². The highest BCUT2D eigenvalue weighted by atomic mass is 35.5. The van der Waals surface area contributed by atoms with E-state index in [4.69, 9.17) is 16.3 Å². The van der Waals surface area contributed by atoms with E-state index in [9.17, 15) is 9.59 Å². The van der Waals surface area contributed by atoms with Gasteiger partial charge in [0, 0.05) is 47.9 Å². The molecule has 2 aliphatic rings. The predicted molar refractivity (Wildman–Crippen MR) is 96.1 cm³/mol.